The van der Waals surface area contributed by atoms with Crippen LogP contribution in [-0.4, -0.2) is 41.0 Å². The number of carbonyl (C=O) groups is 1. The van der Waals surface area contributed by atoms with Crippen molar-refractivity contribution in [2.45, 2.75) is 32.0 Å². The molecular weight excluding hydrogens is 362 g/mol. The first-order chi connectivity index (χ1) is 11.0. The molecule has 1 amide bonds. The maximum Gasteiger partial charge on any atom is 0.260 e. The van der Waals surface area contributed by atoms with Crippen LogP contribution in [0.3, 0.4) is 0 Å². The molecule has 0 unspecified atom stereocenters. The average molecular weight is 382 g/mol. The zero-order chi connectivity index (χ0) is 16.4. The molecule has 1 N–H and O–H groups in total. The maximum absolute atomic E-state index is 12.2. The third-order valence-electron chi connectivity index (χ3n) is 3.96. The van der Waals surface area contributed by atoms with Gasteiger partial charge in [-0.1, -0.05) is 15.9 Å². The highest BCUT2D eigenvalue weighted by atomic mass is 79.9. The lowest BCUT2D eigenvalue weighted by Crippen LogP contribution is -2.40. The van der Waals surface area contributed by atoms with Gasteiger partial charge in [0, 0.05) is 24.7 Å². The van der Waals surface area contributed by atoms with E-state index < -0.39 is 6.10 Å². The Morgan fingerprint density at radius 3 is 3.17 bits per heavy atom. The Balaban J connectivity index is 1.66. The molecule has 1 aliphatic heterocycles. The highest BCUT2D eigenvalue weighted by molar-refractivity contribution is 9.10. The minimum absolute atomic E-state index is 0.123. The summed E-state index contributed by atoms with van der Waals surface area (Å²) < 4.78 is 14.0. The summed E-state index contributed by atoms with van der Waals surface area (Å²) in [7, 11) is 1.85. The number of nitrogens with zero attached hydrogens (tertiary/aromatic N) is 2. The smallest absolute Gasteiger partial charge is 0.260 e. The van der Waals surface area contributed by atoms with Crippen LogP contribution in [0.15, 0.2) is 22.7 Å². The fourth-order valence-electron chi connectivity index (χ4n) is 2.68. The van der Waals surface area contributed by atoms with Crippen molar-refractivity contribution in [3.05, 3.63) is 22.7 Å². The van der Waals surface area contributed by atoms with E-state index in [1.54, 1.807) is 11.6 Å². The average Bonchev–Trinajstić information content (AvgIpc) is 3.14. The minimum Gasteiger partial charge on any atom is -0.463 e. The first kappa shape index (κ1) is 16.3. The van der Waals surface area contributed by atoms with E-state index in [0.29, 0.717) is 12.4 Å². The highest BCUT2D eigenvalue weighted by Crippen LogP contribution is 2.28. The van der Waals surface area contributed by atoms with Crippen molar-refractivity contribution >= 4 is 32.7 Å². The van der Waals surface area contributed by atoms with E-state index in [-0.39, 0.29) is 12.0 Å². The second-order valence-corrected chi connectivity index (χ2v) is 6.65. The molecule has 1 aliphatic rings. The van der Waals surface area contributed by atoms with E-state index in [4.69, 9.17) is 9.47 Å². The SMILES string of the molecule is C[C@H](Oc1nn(C)c2ccc(Br)cc12)C(=O)NC[C@H]1CCCO1. The van der Waals surface area contributed by atoms with E-state index in [1.165, 1.54) is 0 Å². The Morgan fingerprint density at radius 1 is 1.61 bits per heavy atom. The van der Waals surface area contributed by atoms with Crippen LogP contribution >= 0.6 is 15.9 Å². The minimum atomic E-state index is -0.617. The van der Waals surface area contributed by atoms with Gasteiger partial charge in [-0.25, -0.2) is 0 Å². The third kappa shape index (κ3) is 3.67. The predicted octanol–water partition coefficient (Wildman–Crippen LogP) is 2.40. The number of ether oxygens (including phenoxy) is 2. The van der Waals surface area contributed by atoms with Crippen LogP contribution < -0.4 is 10.1 Å². The molecule has 0 aliphatic carbocycles. The van der Waals surface area contributed by atoms with Crippen LogP contribution in [0.4, 0.5) is 0 Å². The van der Waals surface area contributed by atoms with E-state index in [1.807, 2.05) is 25.2 Å². The summed E-state index contributed by atoms with van der Waals surface area (Å²) in [5.74, 6) is 0.304. The van der Waals surface area contributed by atoms with Crippen molar-refractivity contribution in [3.8, 4) is 5.88 Å². The van der Waals surface area contributed by atoms with Crippen molar-refractivity contribution in [3.63, 3.8) is 0 Å². The van der Waals surface area contributed by atoms with Gasteiger partial charge in [0.2, 0.25) is 5.88 Å². The van der Waals surface area contributed by atoms with Gasteiger partial charge < -0.3 is 14.8 Å². The van der Waals surface area contributed by atoms with Gasteiger partial charge in [0.05, 0.1) is 17.0 Å². The third-order valence-corrected chi connectivity index (χ3v) is 4.46. The number of rotatable bonds is 5. The molecule has 124 valence electrons. The molecule has 0 spiro atoms. The summed E-state index contributed by atoms with van der Waals surface area (Å²) in [6, 6.07) is 5.85. The van der Waals surface area contributed by atoms with Crippen molar-refractivity contribution in [2.75, 3.05) is 13.2 Å². The zero-order valence-electron chi connectivity index (χ0n) is 13.2. The summed E-state index contributed by atoms with van der Waals surface area (Å²) in [5.41, 5.74) is 0.954. The number of hydrogen-bond acceptors (Lipinski definition) is 4. The van der Waals surface area contributed by atoms with Crippen LogP contribution in [0.2, 0.25) is 0 Å². The lowest BCUT2D eigenvalue weighted by atomic mass is 10.2. The molecule has 1 fully saturated rings. The Labute approximate surface area is 143 Å². The number of aryl methyl sites for hydroxylation is 1. The standard InChI is InChI=1S/C16H20BrN3O3/c1-10(15(21)18-9-12-4-3-7-22-12)23-16-13-8-11(17)5-6-14(13)20(2)19-16/h5-6,8,10,12H,3-4,7,9H2,1-2H3,(H,18,21)/t10-,12+/m0/s1. The molecule has 6 nitrogen and oxygen atoms in total. The van der Waals surface area contributed by atoms with Crippen LogP contribution in [0.5, 0.6) is 5.88 Å². The number of benzene rings is 1. The zero-order valence-corrected chi connectivity index (χ0v) is 14.8. The molecule has 23 heavy (non-hydrogen) atoms. The number of fused-ring (bicyclic) bond motifs is 1. The molecule has 0 radical (unpaired) electrons. The Kier molecular flexibility index (Phi) is 4.87. The molecule has 2 atom stereocenters. The lowest BCUT2D eigenvalue weighted by molar-refractivity contribution is -0.127. The summed E-state index contributed by atoms with van der Waals surface area (Å²) >= 11 is 3.45. The molecule has 3 rings (SSSR count). The number of hydrogen-bond donors (Lipinski definition) is 1. The number of nitrogens with one attached hydrogen (secondary N) is 1. The summed E-state index contributed by atoms with van der Waals surface area (Å²) in [6.07, 6.45) is 1.56. The van der Waals surface area contributed by atoms with Gasteiger partial charge in [0.15, 0.2) is 6.10 Å². The largest absolute Gasteiger partial charge is 0.463 e. The van der Waals surface area contributed by atoms with E-state index >= 15 is 0 Å². The maximum atomic E-state index is 12.2. The van der Waals surface area contributed by atoms with Gasteiger partial charge in [0.25, 0.3) is 5.91 Å². The van der Waals surface area contributed by atoms with Gasteiger partial charge in [0.1, 0.15) is 0 Å². The van der Waals surface area contributed by atoms with E-state index in [0.717, 1.165) is 34.8 Å². The monoisotopic (exact) mass is 381 g/mol. The van der Waals surface area contributed by atoms with Crippen LogP contribution in [0, 0.1) is 0 Å². The van der Waals surface area contributed by atoms with Crippen LogP contribution in [0.25, 0.3) is 10.9 Å². The molecular formula is C16H20BrN3O3. The van der Waals surface area contributed by atoms with E-state index in [9.17, 15) is 4.79 Å². The number of carbonyl (C=O) groups excluding carboxylic acids is 1. The molecule has 0 saturated carbocycles. The summed E-state index contributed by atoms with van der Waals surface area (Å²) in [6.45, 7) is 3.03. The second kappa shape index (κ2) is 6.88. The second-order valence-electron chi connectivity index (χ2n) is 5.73. The van der Waals surface area contributed by atoms with Crippen molar-refractivity contribution < 1.29 is 14.3 Å². The van der Waals surface area contributed by atoms with E-state index in [2.05, 4.69) is 26.3 Å². The van der Waals surface area contributed by atoms with Gasteiger partial charge in [-0.05, 0) is 38.0 Å². The predicted molar refractivity (Wildman–Crippen MR) is 90.5 cm³/mol. The lowest BCUT2D eigenvalue weighted by Gasteiger charge is -2.15. The topological polar surface area (TPSA) is 65.4 Å². The first-order valence-electron chi connectivity index (χ1n) is 7.73. The van der Waals surface area contributed by atoms with Gasteiger partial charge in [-0.3, -0.25) is 9.48 Å². The molecule has 2 aromatic rings. The normalized spacial score (nSPS) is 19.0. The van der Waals surface area contributed by atoms with Crippen molar-refractivity contribution in [2.24, 2.45) is 7.05 Å². The van der Waals surface area contributed by atoms with Crippen LogP contribution in [0.1, 0.15) is 19.8 Å². The number of amides is 1. The fourth-order valence-corrected chi connectivity index (χ4v) is 3.04. The Bertz CT molecular complexity index is 710. The molecule has 1 saturated heterocycles. The van der Waals surface area contributed by atoms with Gasteiger partial charge in [-0.2, -0.15) is 0 Å². The summed E-state index contributed by atoms with van der Waals surface area (Å²) in [4.78, 5) is 12.2. The number of halogens is 1. The molecule has 7 heteroatoms. The Hall–Kier alpha value is -1.60. The molecule has 1 aromatic carbocycles. The first-order valence-corrected chi connectivity index (χ1v) is 8.52. The van der Waals surface area contributed by atoms with Gasteiger partial charge in [-0.15, -0.1) is 5.10 Å². The fraction of sp³-hybridized carbons (Fsp3) is 0.500. The van der Waals surface area contributed by atoms with Gasteiger partial charge >= 0.3 is 0 Å². The van der Waals surface area contributed by atoms with Crippen molar-refractivity contribution in [1.29, 1.82) is 0 Å². The Morgan fingerprint density at radius 2 is 2.43 bits per heavy atom. The summed E-state index contributed by atoms with van der Waals surface area (Å²) in [5, 5.41) is 8.11. The quantitative estimate of drug-likeness (QED) is 0.863. The van der Waals surface area contributed by atoms with Crippen LogP contribution in [-0.2, 0) is 16.6 Å². The van der Waals surface area contributed by atoms with Crippen molar-refractivity contribution in [1.82, 2.24) is 15.1 Å². The molecule has 0 bridgehead atoms. The molecule has 1 aromatic heterocycles. The highest BCUT2D eigenvalue weighted by Gasteiger charge is 2.21. The molecule has 2 heterocycles. The number of aromatic nitrogens is 2.